The Bertz CT molecular complexity index is 129. The molecule has 1 aliphatic heterocycles. The first-order valence-corrected chi connectivity index (χ1v) is 3.33. The highest BCUT2D eigenvalue weighted by Gasteiger charge is 2.40. The molecule has 0 aromatic carbocycles. The van der Waals surface area contributed by atoms with Crippen LogP contribution in [0.5, 0.6) is 0 Å². The second-order valence-corrected chi connectivity index (χ2v) is 2.93. The maximum absolute atomic E-state index is 10.5. The van der Waals surface area contributed by atoms with Crippen LogP contribution < -0.4 is 0 Å². The zero-order valence-corrected chi connectivity index (χ0v) is 6.05. The molecule has 0 saturated carbocycles. The highest BCUT2D eigenvalue weighted by Crippen LogP contribution is 2.27. The Morgan fingerprint density at radius 3 is 2.22 bits per heavy atom. The van der Waals surface area contributed by atoms with Crippen LogP contribution in [0, 0.1) is 11.8 Å². The Kier molecular flexibility index (Phi) is 1.47. The summed E-state index contributed by atoms with van der Waals surface area (Å²) in [6.45, 7) is 6.04. The van der Waals surface area contributed by atoms with Gasteiger partial charge in [-0.05, 0) is 12.8 Å². The fourth-order valence-corrected chi connectivity index (χ4v) is 1.12. The minimum absolute atomic E-state index is 0.0475. The largest absolute Gasteiger partial charge is 0.461 e. The third-order valence-electron chi connectivity index (χ3n) is 1.77. The molecule has 52 valence electrons. The number of carbonyl (C=O) groups is 1. The normalized spacial score (nSPS) is 34.0. The minimum Gasteiger partial charge on any atom is -0.461 e. The molecule has 2 atom stereocenters. The van der Waals surface area contributed by atoms with Crippen LogP contribution in [-0.4, -0.2) is 12.1 Å². The Labute approximate surface area is 55.2 Å². The first-order chi connectivity index (χ1) is 4.13. The molecule has 0 radical (unpaired) electrons. The summed E-state index contributed by atoms with van der Waals surface area (Å²) in [5, 5.41) is 0. The molecule has 0 aromatic heterocycles. The van der Waals surface area contributed by atoms with E-state index in [-0.39, 0.29) is 18.0 Å². The summed E-state index contributed by atoms with van der Waals surface area (Å²) in [4.78, 5) is 10.5. The monoisotopic (exact) mass is 128 g/mol. The molecule has 0 aliphatic carbocycles. The van der Waals surface area contributed by atoms with Crippen LogP contribution in [0.15, 0.2) is 0 Å². The van der Waals surface area contributed by atoms with E-state index in [9.17, 15) is 4.79 Å². The zero-order chi connectivity index (χ0) is 7.02. The molecule has 2 nitrogen and oxygen atoms in total. The van der Waals surface area contributed by atoms with E-state index in [1.807, 2.05) is 6.92 Å². The van der Waals surface area contributed by atoms with Gasteiger partial charge in [0.2, 0.25) is 0 Å². The SMILES string of the molecule is CC(C)[C@@H]1OC(=O)[C@@H]1C. The molecule has 0 spiro atoms. The number of rotatable bonds is 1. The van der Waals surface area contributed by atoms with E-state index in [2.05, 4.69) is 13.8 Å². The summed E-state index contributed by atoms with van der Waals surface area (Å²) < 4.78 is 4.87. The molecule has 1 aliphatic rings. The average Bonchev–Trinajstić information content (AvgIpc) is 1.81. The van der Waals surface area contributed by atoms with Gasteiger partial charge in [-0.2, -0.15) is 0 Å². The molecule has 2 heteroatoms. The van der Waals surface area contributed by atoms with E-state index >= 15 is 0 Å². The van der Waals surface area contributed by atoms with Crippen LogP contribution >= 0.6 is 0 Å². The summed E-state index contributed by atoms with van der Waals surface area (Å²) in [5.41, 5.74) is 0. The topological polar surface area (TPSA) is 26.3 Å². The van der Waals surface area contributed by atoms with Crippen LogP contribution in [0.3, 0.4) is 0 Å². The Morgan fingerprint density at radius 1 is 1.56 bits per heavy atom. The van der Waals surface area contributed by atoms with Gasteiger partial charge in [0.15, 0.2) is 0 Å². The lowest BCUT2D eigenvalue weighted by Crippen LogP contribution is -2.46. The zero-order valence-electron chi connectivity index (χ0n) is 6.05. The van der Waals surface area contributed by atoms with E-state index < -0.39 is 0 Å². The molecule has 0 bridgehead atoms. The van der Waals surface area contributed by atoms with Crippen molar-refractivity contribution in [2.75, 3.05) is 0 Å². The molecule has 1 rings (SSSR count). The number of cyclic esters (lactones) is 1. The lowest BCUT2D eigenvalue weighted by atomic mass is 9.90. The van der Waals surface area contributed by atoms with Gasteiger partial charge in [0.25, 0.3) is 0 Å². The molecular weight excluding hydrogens is 116 g/mol. The summed E-state index contributed by atoms with van der Waals surface area (Å²) in [5.74, 6) is 0.552. The second kappa shape index (κ2) is 2.01. The highest BCUT2D eigenvalue weighted by atomic mass is 16.6. The number of hydrogen-bond donors (Lipinski definition) is 0. The minimum atomic E-state index is -0.0475. The number of hydrogen-bond acceptors (Lipinski definition) is 2. The lowest BCUT2D eigenvalue weighted by molar-refractivity contribution is -0.187. The molecule has 0 amide bonds. The molecule has 1 fully saturated rings. The van der Waals surface area contributed by atoms with Crippen molar-refractivity contribution in [3.05, 3.63) is 0 Å². The van der Waals surface area contributed by atoms with Crippen molar-refractivity contribution in [2.45, 2.75) is 26.9 Å². The predicted molar refractivity (Wildman–Crippen MR) is 33.9 cm³/mol. The Balaban J connectivity index is 2.42. The Hall–Kier alpha value is -0.530. The van der Waals surface area contributed by atoms with Crippen LogP contribution in [0.25, 0.3) is 0 Å². The first kappa shape index (κ1) is 6.59. The third kappa shape index (κ3) is 0.934. The van der Waals surface area contributed by atoms with E-state index in [1.54, 1.807) is 0 Å². The van der Waals surface area contributed by atoms with Crippen molar-refractivity contribution in [3.63, 3.8) is 0 Å². The third-order valence-corrected chi connectivity index (χ3v) is 1.77. The van der Waals surface area contributed by atoms with Crippen molar-refractivity contribution in [1.82, 2.24) is 0 Å². The quantitative estimate of drug-likeness (QED) is 0.496. The molecule has 9 heavy (non-hydrogen) atoms. The maximum Gasteiger partial charge on any atom is 0.312 e. The molecule has 0 N–H and O–H groups in total. The fourth-order valence-electron chi connectivity index (χ4n) is 1.12. The molecule has 0 aromatic rings. The van der Waals surface area contributed by atoms with Gasteiger partial charge in [-0.1, -0.05) is 13.8 Å². The summed E-state index contributed by atoms with van der Waals surface area (Å²) in [6, 6.07) is 0. The van der Waals surface area contributed by atoms with Crippen molar-refractivity contribution < 1.29 is 9.53 Å². The van der Waals surface area contributed by atoms with Crippen molar-refractivity contribution in [3.8, 4) is 0 Å². The van der Waals surface area contributed by atoms with E-state index in [1.165, 1.54) is 0 Å². The standard InChI is InChI=1S/C7H12O2/c1-4(2)6-5(3)7(8)9-6/h4-6H,1-3H3/t5-,6+/m1/s1. The highest BCUT2D eigenvalue weighted by molar-refractivity contribution is 5.78. The van der Waals surface area contributed by atoms with Crippen molar-refractivity contribution in [2.24, 2.45) is 11.8 Å². The van der Waals surface area contributed by atoms with Gasteiger partial charge in [0.05, 0.1) is 5.92 Å². The van der Waals surface area contributed by atoms with Gasteiger partial charge in [0, 0.05) is 0 Å². The number of ether oxygens (including phenoxy) is 1. The number of carbonyl (C=O) groups excluding carboxylic acids is 1. The van der Waals surface area contributed by atoms with Gasteiger partial charge in [-0.3, -0.25) is 4.79 Å². The van der Waals surface area contributed by atoms with E-state index in [0.717, 1.165) is 0 Å². The first-order valence-electron chi connectivity index (χ1n) is 3.33. The van der Waals surface area contributed by atoms with E-state index in [0.29, 0.717) is 5.92 Å². The molecule has 1 saturated heterocycles. The second-order valence-electron chi connectivity index (χ2n) is 2.93. The van der Waals surface area contributed by atoms with Gasteiger partial charge < -0.3 is 4.74 Å². The van der Waals surface area contributed by atoms with Gasteiger partial charge >= 0.3 is 5.97 Å². The molecular formula is C7H12O2. The van der Waals surface area contributed by atoms with Crippen LogP contribution in [-0.2, 0) is 9.53 Å². The predicted octanol–water partition coefficient (Wildman–Crippen LogP) is 1.20. The summed E-state index contributed by atoms with van der Waals surface area (Å²) >= 11 is 0. The van der Waals surface area contributed by atoms with Gasteiger partial charge in [-0.25, -0.2) is 0 Å². The van der Waals surface area contributed by atoms with Crippen molar-refractivity contribution >= 4 is 5.97 Å². The summed E-state index contributed by atoms with van der Waals surface area (Å²) in [6.07, 6.45) is 0.178. The van der Waals surface area contributed by atoms with Crippen molar-refractivity contribution in [1.29, 1.82) is 0 Å². The lowest BCUT2D eigenvalue weighted by Gasteiger charge is -2.35. The van der Waals surface area contributed by atoms with Gasteiger partial charge in [0.1, 0.15) is 6.10 Å². The van der Waals surface area contributed by atoms with Gasteiger partial charge in [-0.15, -0.1) is 0 Å². The smallest absolute Gasteiger partial charge is 0.312 e. The van der Waals surface area contributed by atoms with Crippen LogP contribution in [0.2, 0.25) is 0 Å². The number of esters is 1. The Morgan fingerprint density at radius 2 is 2.11 bits per heavy atom. The average molecular weight is 128 g/mol. The molecule has 1 heterocycles. The van der Waals surface area contributed by atoms with Crippen LogP contribution in [0.4, 0.5) is 0 Å². The summed E-state index contributed by atoms with van der Waals surface area (Å²) in [7, 11) is 0. The molecule has 0 unspecified atom stereocenters. The van der Waals surface area contributed by atoms with E-state index in [4.69, 9.17) is 4.74 Å². The van der Waals surface area contributed by atoms with Crippen LogP contribution in [0.1, 0.15) is 20.8 Å². The maximum atomic E-state index is 10.5. The fraction of sp³-hybridized carbons (Fsp3) is 0.857.